The minimum atomic E-state index is -4.47. The van der Waals surface area contributed by atoms with E-state index in [1.165, 1.54) is 12.1 Å². The summed E-state index contributed by atoms with van der Waals surface area (Å²) < 4.78 is 63.6. The van der Waals surface area contributed by atoms with Crippen molar-refractivity contribution in [3.8, 4) is 0 Å². The molecule has 0 aromatic heterocycles. The van der Waals surface area contributed by atoms with Crippen LogP contribution in [0.2, 0.25) is 0 Å². The summed E-state index contributed by atoms with van der Waals surface area (Å²) in [7, 11) is -3.67. The molecule has 25 heavy (non-hydrogen) atoms. The lowest BCUT2D eigenvalue weighted by atomic mass is 10.1. The number of carbonyl (C=O) groups excluding carboxylic acids is 1. The monoisotopic (exact) mass is 372 g/mol. The fourth-order valence-electron chi connectivity index (χ4n) is 1.96. The summed E-state index contributed by atoms with van der Waals surface area (Å²) in [4.78, 5) is 11.9. The third-order valence-electron chi connectivity index (χ3n) is 3.23. The van der Waals surface area contributed by atoms with Crippen molar-refractivity contribution in [1.82, 2.24) is 10.0 Å². The van der Waals surface area contributed by atoms with Crippen LogP contribution >= 0.6 is 0 Å². The quantitative estimate of drug-likeness (QED) is 0.765. The highest BCUT2D eigenvalue weighted by molar-refractivity contribution is 7.89. The van der Waals surface area contributed by atoms with Gasteiger partial charge >= 0.3 is 6.18 Å². The van der Waals surface area contributed by atoms with Crippen molar-refractivity contribution in [3.63, 3.8) is 0 Å². The first kappa shape index (κ1) is 18.9. The summed E-state index contributed by atoms with van der Waals surface area (Å²) in [5, 5.41) is 2.43. The van der Waals surface area contributed by atoms with Gasteiger partial charge in [0.2, 0.25) is 10.0 Å². The molecule has 0 radical (unpaired) electrons. The Kier molecular flexibility index (Phi) is 5.81. The van der Waals surface area contributed by atoms with Gasteiger partial charge in [-0.3, -0.25) is 4.79 Å². The lowest BCUT2D eigenvalue weighted by Gasteiger charge is -2.09. The number of rotatable bonds is 6. The lowest BCUT2D eigenvalue weighted by molar-refractivity contribution is -0.137. The Morgan fingerprint density at radius 3 is 2.08 bits per heavy atom. The number of benzene rings is 2. The number of sulfonamides is 1. The average Bonchev–Trinajstić information content (AvgIpc) is 2.59. The molecule has 2 aromatic rings. The molecule has 0 saturated carbocycles. The van der Waals surface area contributed by atoms with Crippen LogP contribution in [0.3, 0.4) is 0 Å². The standard InChI is InChI=1S/C16H15F3N2O3S/c17-16(18,19)13-8-6-12(7-9-13)15(22)20-10-11-21-25(23,24)14-4-2-1-3-5-14/h1-9,21H,10-11H2,(H,20,22). The van der Waals surface area contributed by atoms with Crippen molar-refractivity contribution < 1.29 is 26.4 Å². The molecule has 0 saturated heterocycles. The molecule has 9 heteroatoms. The van der Waals surface area contributed by atoms with Gasteiger partial charge in [-0.05, 0) is 36.4 Å². The minimum absolute atomic E-state index is 0.00802. The molecule has 0 unspecified atom stereocenters. The molecular formula is C16H15F3N2O3S. The summed E-state index contributed by atoms with van der Waals surface area (Å²) in [6.45, 7) is -0.0600. The van der Waals surface area contributed by atoms with Gasteiger partial charge in [-0.25, -0.2) is 13.1 Å². The van der Waals surface area contributed by atoms with E-state index in [2.05, 4.69) is 10.0 Å². The van der Waals surface area contributed by atoms with E-state index in [9.17, 15) is 26.4 Å². The third-order valence-corrected chi connectivity index (χ3v) is 4.71. The first-order chi connectivity index (χ1) is 11.7. The van der Waals surface area contributed by atoms with Crippen molar-refractivity contribution >= 4 is 15.9 Å². The summed E-state index contributed by atoms with van der Waals surface area (Å²) >= 11 is 0. The van der Waals surface area contributed by atoms with Crippen LogP contribution in [-0.2, 0) is 16.2 Å². The third kappa shape index (κ3) is 5.30. The zero-order valence-electron chi connectivity index (χ0n) is 12.9. The molecule has 134 valence electrons. The van der Waals surface area contributed by atoms with Crippen LogP contribution in [0, 0.1) is 0 Å². The Morgan fingerprint density at radius 1 is 0.920 bits per heavy atom. The van der Waals surface area contributed by atoms with E-state index >= 15 is 0 Å². The number of alkyl halides is 3. The smallest absolute Gasteiger partial charge is 0.351 e. The van der Waals surface area contributed by atoms with Gasteiger partial charge in [0.25, 0.3) is 5.91 Å². The molecule has 1 amide bonds. The Balaban J connectivity index is 1.85. The summed E-state index contributed by atoms with van der Waals surface area (Å²) in [5.74, 6) is -0.590. The van der Waals surface area contributed by atoms with Crippen LogP contribution < -0.4 is 10.0 Å². The highest BCUT2D eigenvalue weighted by Gasteiger charge is 2.30. The van der Waals surface area contributed by atoms with Crippen LogP contribution in [0.1, 0.15) is 15.9 Å². The second kappa shape index (κ2) is 7.66. The lowest BCUT2D eigenvalue weighted by Crippen LogP contribution is -2.34. The maximum Gasteiger partial charge on any atom is 0.416 e. The molecule has 5 nitrogen and oxygen atoms in total. The molecule has 0 aliphatic rings. The Labute approximate surface area is 142 Å². The van der Waals surface area contributed by atoms with Crippen molar-refractivity contribution in [3.05, 3.63) is 65.7 Å². The molecule has 2 aromatic carbocycles. The van der Waals surface area contributed by atoms with Gasteiger partial charge in [0.15, 0.2) is 0 Å². The van der Waals surface area contributed by atoms with E-state index in [4.69, 9.17) is 0 Å². The fraction of sp³-hybridized carbons (Fsp3) is 0.188. The van der Waals surface area contributed by atoms with Crippen molar-refractivity contribution in [2.24, 2.45) is 0 Å². The van der Waals surface area contributed by atoms with Crippen LogP contribution in [-0.4, -0.2) is 27.4 Å². The van der Waals surface area contributed by atoms with Gasteiger partial charge in [-0.2, -0.15) is 13.2 Å². The number of halogens is 3. The Bertz CT molecular complexity index is 820. The molecule has 0 spiro atoms. The minimum Gasteiger partial charge on any atom is -0.351 e. The number of hydrogen-bond donors (Lipinski definition) is 2. The maximum atomic E-state index is 12.5. The second-order valence-electron chi connectivity index (χ2n) is 5.04. The Hall–Kier alpha value is -2.39. The van der Waals surface area contributed by atoms with Gasteiger partial charge in [-0.1, -0.05) is 18.2 Å². The number of carbonyl (C=O) groups is 1. The van der Waals surface area contributed by atoms with E-state index in [1.54, 1.807) is 18.2 Å². The zero-order valence-corrected chi connectivity index (χ0v) is 13.7. The summed E-state index contributed by atoms with van der Waals surface area (Å²) in [5.41, 5.74) is -0.793. The van der Waals surface area contributed by atoms with Gasteiger partial charge in [0.1, 0.15) is 0 Å². The van der Waals surface area contributed by atoms with Crippen molar-refractivity contribution in [1.29, 1.82) is 0 Å². The van der Waals surface area contributed by atoms with Gasteiger partial charge < -0.3 is 5.32 Å². The largest absolute Gasteiger partial charge is 0.416 e. The molecule has 0 bridgehead atoms. The number of nitrogens with one attached hydrogen (secondary N) is 2. The van der Waals surface area contributed by atoms with Crippen LogP contribution in [0.15, 0.2) is 59.5 Å². The molecule has 0 fully saturated rings. The van der Waals surface area contributed by atoms with Crippen LogP contribution in [0.5, 0.6) is 0 Å². The topological polar surface area (TPSA) is 75.3 Å². The predicted octanol–water partition coefficient (Wildman–Crippen LogP) is 2.41. The van der Waals surface area contributed by atoms with Crippen molar-refractivity contribution in [2.45, 2.75) is 11.1 Å². The second-order valence-corrected chi connectivity index (χ2v) is 6.81. The van der Waals surface area contributed by atoms with E-state index in [-0.39, 0.29) is 23.5 Å². The van der Waals surface area contributed by atoms with Crippen LogP contribution in [0.4, 0.5) is 13.2 Å². The Morgan fingerprint density at radius 2 is 1.52 bits per heavy atom. The first-order valence-electron chi connectivity index (χ1n) is 7.20. The molecule has 2 N–H and O–H groups in total. The SMILES string of the molecule is O=C(NCCNS(=O)(=O)c1ccccc1)c1ccc(C(F)(F)F)cc1. The molecule has 0 heterocycles. The van der Waals surface area contributed by atoms with Gasteiger partial charge in [0.05, 0.1) is 10.5 Å². The number of amides is 1. The van der Waals surface area contributed by atoms with Gasteiger partial charge in [-0.15, -0.1) is 0 Å². The molecule has 2 rings (SSSR count). The normalized spacial score (nSPS) is 12.0. The first-order valence-corrected chi connectivity index (χ1v) is 8.68. The van der Waals surface area contributed by atoms with E-state index in [1.807, 2.05) is 0 Å². The van der Waals surface area contributed by atoms with Crippen LogP contribution in [0.25, 0.3) is 0 Å². The molecule has 0 aliphatic carbocycles. The maximum absolute atomic E-state index is 12.5. The molecular weight excluding hydrogens is 357 g/mol. The molecule has 0 atom stereocenters. The van der Waals surface area contributed by atoms with Gasteiger partial charge in [0, 0.05) is 18.7 Å². The molecule has 0 aliphatic heterocycles. The highest BCUT2D eigenvalue weighted by atomic mass is 32.2. The number of hydrogen-bond acceptors (Lipinski definition) is 3. The van der Waals surface area contributed by atoms with Crippen molar-refractivity contribution in [2.75, 3.05) is 13.1 Å². The van der Waals surface area contributed by atoms with E-state index in [0.717, 1.165) is 24.3 Å². The summed E-state index contributed by atoms with van der Waals surface area (Å²) in [6, 6.07) is 11.5. The summed E-state index contributed by atoms with van der Waals surface area (Å²) in [6.07, 6.45) is -4.47. The highest BCUT2D eigenvalue weighted by Crippen LogP contribution is 2.29. The fourth-order valence-corrected chi connectivity index (χ4v) is 3.01. The average molecular weight is 372 g/mol. The van der Waals surface area contributed by atoms with E-state index < -0.39 is 27.7 Å². The zero-order chi connectivity index (χ0) is 18.5. The van der Waals surface area contributed by atoms with E-state index in [0.29, 0.717) is 0 Å². The predicted molar refractivity (Wildman–Crippen MR) is 85.4 cm³/mol.